The molecule has 1 N–H and O–H groups in total. The van der Waals surface area contributed by atoms with Crippen LogP contribution in [0.25, 0.3) is 0 Å². The van der Waals surface area contributed by atoms with Crippen molar-refractivity contribution in [3.05, 3.63) is 75.7 Å². The number of hydrogen-bond donors (Lipinski definition) is 1. The monoisotopic (exact) mass is 379 g/mol. The molecule has 3 aromatic rings. The normalized spacial score (nSPS) is 10.1. The summed E-state index contributed by atoms with van der Waals surface area (Å²) in [5.41, 5.74) is 4.56. The summed E-state index contributed by atoms with van der Waals surface area (Å²) in [6, 6.07) is 14.2. The van der Waals surface area contributed by atoms with Crippen LogP contribution in [0.4, 0.5) is 0 Å². The Labute approximate surface area is 161 Å². The van der Waals surface area contributed by atoms with Gasteiger partial charge in [-0.15, -0.1) is 11.3 Å². The molecule has 27 heavy (non-hydrogen) atoms. The van der Waals surface area contributed by atoms with E-state index in [0.717, 1.165) is 11.3 Å². The number of nitrogens with one attached hydrogen (secondary N) is 1. The minimum Gasteiger partial charge on any atom is -0.493 e. The maximum Gasteiger partial charge on any atom is 0.251 e. The van der Waals surface area contributed by atoms with Gasteiger partial charge in [0.2, 0.25) is 0 Å². The van der Waals surface area contributed by atoms with Crippen LogP contribution in [0.15, 0.2) is 53.4 Å². The van der Waals surface area contributed by atoms with Gasteiger partial charge in [-0.2, -0.15) is 5.26 Å². The first-order chi connectivity index (χ1) is 13.2. The topological polar surface area (TPSA) is 84.2 Å². The second-order valence-electron chi connectivity index (χ2n) is 5.63. The van der Waals surface area contributed by atoms with Crippen molar-refractivity contribution in [3.8, 4) is 17.6 Å². The van der Waals surface area contributed by atoms with Crippen LogP contribution in [0.5, 0.6) is 11.5 Å². The van der Waals surface area contributed by atoms with Gasteiger partial charge < -0.3 is 14.8 Å². The molecule has 0 fully saturated rings. The molecule has 7 heteroatoms. The average Bonchev–Trinajstić information content (AvgIpc) is 3.24. The van der Waals surface area contributed by atoms with Gasteiger partial charge in [0.25, 0.3) is 5.91 Å². The Kier molecular flexibility index (Phi) is 6.02. The summed E-state index contributed by atoms with van der Waals surface area (Å²) in [7, 11) is 1.53. The van der Waals surface area contributed by atoms with E-state index < -0.39 is 0 Å². The molecule has 1 amide bonds. The van der Waals surface area contributed by atoms with Crippen LogP contribution in [0, 0.1) is 11.3 Å². The number of nitrogens with zero attached hydrogens (tertiary/aromatic N) is 2. The third-order valence-electron chi connectivity index (χ3n) is 3.82. The largest absolute Gasteiger partial charge is 0.493 e. The molecule has 0 saturated heterocycles. The first kappa shape index (κ1) is 18.4. The van der Waals surface area contributed by atoms with Crippen molar-refractivity contribution in [1.29, 1.82) is 5.26 Å². The van der Waals surface area contributed by atoms with Crippen LogP contribution < -0.4 is 14.8 Å². The Morgan fingerprint density at radius 1 is 1.22 bits per heavy atom. The van der Waals surface area contributed by atoms with E-state index in [1.807, 2.05) is 17.5 Å². The van der Waals surface area contributed by atoms with Gasteiger partial charge in [0.1, 0.15) is 6.61 Å². The van der Waals surface area contributed by atoms with E-state index in [0.29, 0.717) is 35.8 Å². The Morgan fingerprint density at radius 2 is 2.04 bits per heavy atom. The second kappa shape index (κ2) is 8.83. The number of rotatable bonds is 7. The van der Waals surface area contributed by atoms with Gasteiger partial charge >= 0.3 is 0 Å². The SMILES string of the molecule is COc1cc(C(=O)NCc2ccc(C#N)cc2)ccc1OCc1cscn1. The molecule has 0 aliphatic heterocycles. The molecular weight excluding hydrogens is 362 g/mol. The number of nitriles is 1. The summed E-state index contributed by atoms with van der Waals surface area (Å²) in [4.78, 5) is 16.6. The van der Waals surface area contributed by atoms with Gasteiger partial charge in [-0.25, -0.2) is 4.98 Å². The van der Waals surface area contributed by atoms with Gasteiger partial charge in [0.05, 0.1) is 29.9 Å². The molecule has 0 aliphatic rings. The molecule has 0 atom stereocenters. The molecule has 0 unspecified atom stereocenters. The van der Waals surface area contributed by atoms with E-state index in [9.17, 15) is 4.79 Å². The molecule has 0 spiro atoms. The summed E-state index contributed by atoms with van der Waals surface area (Å²) in [6.45, 7) is 0.707. The summed E-state index contributed by atoms with van der Waals surface area (Å²) in [5, 5.41) is 13.6. The predicted octanol–water partition coefficient (Wildman–Crippen LogP) is 3.53. The Balaban J connectivity index is 1.62. The van der Waals surface area contributed by atoms with Crippen LogP contribution in [0.2, 0.25) is 0 Å². The maximum absolute atomic E-state index is 12.4. The number of thiazole rings is 1. The molecule has 1 heterocycles. The summed E-state index contributed by atoms with van der Waals surface area (Å²) < 4.78 is 11.1. The minimum absolute atomic E-state index is 0.219. The highest BCUT2D eigenvalue weighted by atomic mass is 32.1. The molecule has 0 saturated carbocycles. The van der Waals surface area contributed by atoms with Crippen molar-refractivity contribution in [2.24, 2.45) is 0 Å². The number of benzene rings is 2. The number of methoxy groups -OCH3 is 1. The highest BCUT2D eigenvalue weighted by Gasteiger charge is 2.12. The van der Waals surface area contributed by atoms with Crippen molar-refractivity contribution in [3.63, 3.8) is 0 Å². The second-order valence-corrected chi connectivity index (χ2v) is 6.34. The van der Waals surface area contributed by atoms with Gasteiger partial charge in [-0.3, -0.25) is 4.79 Å². The Bertz CT molecular complexity index is 948. The number of carbonyl (C=O) groups is 1. The molecule has 6 nitrogen and oxygen atoms in total. The van der Waals surface area contributed by atoms with Crippen LogP contribution in [0.1, 0.15) is 27.2 Å². The maximum atomic E-state index is 12.4. The fourth-order valence-electron chi connectivity index (χ4n) is 2.37. The molecule has 0 bridgehead atoms. The Hall–Kier alpha value is -3.37. The number of amides is 1. The lowest BCUT2D eigenvalue weighted by atomic mass is 10.1. The van der Waals surface area contributed by atoms with Gasteiger partial charge in [-0.05, 0) is 35.9 Å². The lowest BCUT2D eigenvalue weighted by molar-refractivity contribution is 0.0950. The van der Waals surface area contributed by atoms with Gasteiger partial charge in [-0.1, -0.05) is 12.1 Å². The van der Waals surface area contributed by atoms with Crippen LogP contribution in [-0.2, 0) is 13.2 Å². The van der Waals surface area contributed by atoms with Crippen molar-refractivity contribution >= 4 is 17.2 Å². The smallest absolute Gasteiger partial charge is 0.251 e. The van der Waals surface area contributed by atoms with Crippen molar-refractivity contribution in [1.82, 2.24) is 10.3 Å². The van der Waals surface area contributed by atoms with E-state index in [1.165, 1.54) is 18.4 Å². The first-order valence-corrected chi connectivity index (χ1v) is 9.09. The van der Waals surface area contributed by atoms with Crippen LogP contribution in [-0.4, -0.2) is 18.0 Å². The van der Waals surface area contributed by atoms with E-state index in [4.69, 9.17) is 14.7 Å². The van der Waals surface area contributed by atoms with Gasteiger partial charge in [0, 0.05) is 17.5 Å². The van der Waals surface area contributed by atoms with Crippen molar-refractivity contribution in [2.45, 2.75) is 13.2 Å². The molecule has 3 rings (SSSR count). The zero-order valence-corrected chi connectivity index (χ0v) is 15.5. The zero-order valence-electron chi connectivity index (χ0n) is 14.6. The quantitative estimate of drug-likeness (QED) is 0.679. The first-order valence-electron chi connectivity index (χ1n) is 8.14. The summed E-state index contributed by atoms with van der Waals surface area (Å²) in [6.07, 6.45) is 0. The third kappa shape index (κ3) is 4.84. The fraction of sp³-hybridized carbons (Fsp3) is 0.150. The van der Waals surface area contributed by atoms with Crippen LogP contribution in [0.3, 0.4) is 0 Å². The molecule has 0 aliphatic carbocycles. The van der Waals surface area contributed by atoms with Crippen LogP contribution >= 0.6 is 11.3 Å². The summed E-state index contributed by atoms with van der Waals surface area (Å²) in [5.74, 6) is 0.814. The van der Waals surface area contributed by atoms with Gasteiger partial charge in [0.15, 0.2) is 11.5 Å². The molecule has 1 aromatic heterocycles. The fourth-order valence-corrected chi connectivity index (χ4v) is 2.91. The molecule has 136 valence electrons. The number of aromatic nitrogens is 1. The minimum atomic E-state index is -0.219. The number of ether oxygens (including phenoxy) is 2. The molecule has 2 aromatic carbocycles. The lowest BCUT2D eigenvalue weighted by Crippen LogP contribution is -2.22. The van der Waals surface area contributed by atoms with Crippen molar-refractivity contribution < 1.29 is 14.3 Å². The number of hydrogen-bond acceptors (Lipinski definition) is 6. The number of carbonyl (C=O) groups excluding carboxylic acids is 1. The molecule has 0 radical (unpaired) electrons. The average molecular weight is 379 g/mol. The highest BCUT2D eigenvalue weighted by molar-refractivity contribution is 7.07. The Morgan fingerprint density at radius 3 is 2.70 bits per heavy atom. The third-order valence-corrected chi connectivity index (χ3v) is 4.46. The lowest BCUT2D eigenvalue weighted by Gasteiger charge is -2.12. The summed E-state index contributed by atoms with van der Waals surface area (Å²) >= 11 is 1.51. The van der Waals surface area contributed by atoms with Crippen molar-refractivity contribution in [2.75, 3.05) is 7.11 Å². The molecular formula is C20H17N3O3S. The van der Waals surface area contributed by atoms with E-state index in [-0.39, 0.29) is 5.91 Å². The van der Waals surface area contributed by atoms with E-state index in [1.54, 1.807) is 35.8 Å². The highest BCUT2D eigenvalue weighted by Crippen LogP contribution is 2.28. The van der Waals surface area contributed by atoms with E-state index >= 15 is 0 Å². The zero-order chi connectivity index (χ0) is 19.1. The predicted molar refractivity (Wildman–Crippen MR) is 102 cm³/mol. The van der Waals surface area contributed by atoms with E-state index in [2.05, 4.69) is 16.4 Å². The standard InChI is InChI=1S/C20H17N3O3S/c1-25-19-8-16(6-7-18(19)26-11-17-12-27-13-23-17)20(24)22-10-15-4-2-14(9-21)3-5-15/h2-8,12-13H,10-11H2,1H3,(H,22,24).